The minimum absolute atomic E-state index is 0.263. The number of rotatable bonds is 5. The quantitative estimate of drug-likeness (QED) is 0.691. The smallest absolute Gasteiger partial charge is 0.308 e. The number of aromatic nitrogens is 4. The minimum atomic E-state index is -2.21. The fourth-order valence-corrected chi connectivity index (χ4v) is 3.85. The number of ether oxygens (including phenoxy) is 3. The van der Waals surface area contributed by atoms with Crippen LogP contribution < -0.4 is 4.90 Å². The average molecular weight is 437 g/mol. The molecule has 10 nitrogen and oxygen atoms in total. The second-order valence-corrected chi connectivity index (χ2v) is 8.61. The van der Waals surface area contributed by atoms with Crippen molar-refractivity contribution >= 4 is 23.0 Å². The fraction of sp³-hybridized carbons (Fsp3) is 0.700. The first-order chi connectivity index (χ1) is 14.6. The van der Waals surface area contributed by atoms with Gasteiger partial charge in [-0.3, -0.25) is 9.36 Å². The number of esters is 1. The molecule has 31 heavy (non-hydrogen) atoms. The number of anilines is 1. The van der Waals surface area contributed by atoms with E-state index in [9.17, 15) is 9.90 Å². The van der Waals surface area contributed by atoms with Crippen molar-refractivity contribution < 1.29 is 28.5 Å². The summed E-state index contributed by atoms with van der Waals surface area (Å²) in [5, 5.41) is 11.0. The highest BCUT2D eigenvalue weighted by molar-refractivity contribution is 5.83. The molecule has 2 aromatic rings. The Kier molecular flexibility index (Phi) is 5.61. The van der Waals surface area contributed by atoms with Crippen molar-refractivity contribution in [1.82, 2.24) is 19.5 Å². The lowest BCUT2D eigenvalue weighted by Crippen LogP contribution is -2.52. The molecule has 0 radical (unpaired) electrons. The molecule has 0 spiro atoms. The molecule has 11 heteroatoms. The Balaban J connectivity index is 1.65. The molecule has 4 rings (SSSR count). The number of fused-ring (bicyclic) bond motifs is 1. The second kappa shape index (κ2) is 7.95. The molecule has 0 unspecified atom stereocenters. The van der Waals surface area contributed by atoms with E-state index in [1.165, 1.54) is 31.1 Å². The third-order valence-corrected chi connectivity index (χ3v) is 6.12. The molecule has 4 atom stereocenters. The van der Waals surface area contributed by atoms with E-state index in [4.69, 9.17) is 14.2 Å². The molecule has 170 valence electrons. The van der Waals surface area contributed by atoms with Gasteiger partial charge in [0.1, 0.15) is 24.6 Å². The lowest BCUT2D eigenvalue weighted by molar-refractivity contribution is -0.156. The van der Waals surface area contributed by atoms with Crippen LogP contribution in [0.5, 0.6) is 0 Å². The Hall–Kier alpha value is -2.37. The highest BCUT2D eigenvalue weighted by atomic mass is 19.1. The molecular formula is C20H28FN5O5. The van der Waals surface area contributed by atoms with E-state index in [0.717, 1.165) is 0 Å². The number of carbonyl (C=O) groups excluding carboxylic acids is 1. The monoisotopic (exact) mass is 437 g/mol. The van der Waals surface area contributed by atoms with Gasteiger partial charge in [0.05, 0.1) is 25.5 Å². The van der Waals surface area contributed by atoms with E-state index in [-0.39, 0.29) is 12.5 Å². The van der Waals surface area contributed by atoms with Crippen LogP contribution in [-0.4, -0.2) is 80.9 Å². The van der Waals surface area contributed by atoms with Gasteiger partial charge < -0.3 is 24.2 Å². The van der Waals surface area contributed by atoms with Gasteiger partial charge in [0.2, 0.25) is 0 Å². The molecule has 2 aliphatic rings. The van der Waals surface area contributed by atoms with Crippen LogP contribution in [0.1, 0.15) is 33.9 Å². The van der Waals surface area contributed by atoms with Crippen LogP contribution in [0, 0.1) is 5.92 Å². The van der Waals surface area contributed by atoms with Gasteiger partial charge in [-0.1, -0.05) is 13.8 Å². The zero-order valence-corrected chi connectivity index (χ0v) is 18.1. The summed E-state index contributed by atoms with van der Waals surface area (Å²) in [6, 6.07) is 0. The zero-order chi connectivity index (χ0) is 22.4. The summed E-state index contributed by atoms with van der Waals surface area (Å²) < 4.78 is 33.8. The highest BCUT2D eigenvalue weighted by Gasteiger charge is 2.63. The van der Waals surface area contributed by atoms with Crippen molar-refractivity contribution in [3.05, 3.63) is 12.7 Å². The standard InChI is InChI=1S/C20H28FN5O5/c1-12(2)17(27)30-9-13-20(4,28)19(3,21)18(31-13)26-11-24-14-15(22-10-23-16(14)26)25-5-7-29-8-6-25/h10-13,18,28H,5-9H2,1-4H3/t13-,18+,19+,20-/m1/s1. The summed E-state index contributed by atoms with van der Waals surface area (Å²) in [4.78, 5) is 27.0. The number of imidazole rings is 1. The summed E-state index contributed by atoms with van der Waals surface area (Å²) in [7, 11) is 0. The van der Waals surface area contributed by atoms with Crippen LogP contribution in [0.15, 0.2) is 12.7 Å². The zero-order valence-electron chi connectivity index (χ0n) is 18.1. The highest BCUT2D eigenvalue weighted by Crippen LogP contribution is 2.49. The number of aliphatic hydroxyl groups is 1. The fourth-order valence-electron chi connectivity index (χ4n) is 3.85. The number of hydrogen-bond acceptors (Lipinski definition) is 9. The summed E-state index contributed by atoms with van der Waals surface area (Å²) in [5.41, 5.74) is -3.22. The molecular weight excluding hydrogens is 409 g/mol. The van der Waals surface area contributed by atoms with E-state index in [1.54, 1.807) is 13.8 Å². The van der Waals surface area contributed by atoms with Gasteiger partial charge in [0.15, 0.2) is 28.9 Å². The molecule has 1 N–H and O–H groups in total. The van der Waals surface area contributed by atoms with Crippen LogP contribution in [0.2, 0.25) is 0 Å². The first kappa shape index (κ1) is 21.8. The molecule has 0 saturated carbocycles. The number of carbonyl (C=O) groups is 1. The van der Waals surface area contributed by atoms with Gasteiger partial charge in [-0.05, 0) is 13.8 Å². The maximum absolute atomic E-state index is 15.9. The summed E-state index contributed by atoms with van der Waals surface area (Å²) in [6.07, 6.45) is 0.552. The van der Waals surface area contributed by atoms with E-state index in [1.807, 2.05) is 4.90 Å². The number of alkyl halides is 1. The number of halogens is 1. The largest absolute Gasteiger partial charge is 0.463 e. The van der Waals surface area contributed by atoms with Crippen molar-refractivity contribution in [2.75, 3.05) is 37.8 Å². The third-order valence-electron chi connectivity index (χ3n) is 6.12. The molecule has 4 heterocycles. The van der Waals surface area contributed by atoms with Gasteiger partial charge in [-0.15, -0.1) is 0 Å². The Bertz CT molecular complexity index is 957. The Morgan fingerprint density at radius 1 is 1.32 bits per heavy atom. The van der Waals surface area contributed by atoms with Gasteiger partial charge in [0.25, 0.3) is 0 Å². The normalized spacial score (nSPS) is 31.5. The second-order valence-electron chi connectivity index (χ2n) is 8.61. The Morgan fingerprint density at radius 2 is 2.03 bits per heavy atom. The van der Waals surface area contributed by atoms with E-state index in [2.05, 4.69) is 15.0 Å². The predicted octanol–water partition coefficient (Wildman–Crippen LogP) is 1.24. The van der Waals surface area contributed by atoms with Crippen molar-refractivity contribution in [2.24, 2.45) is 5.92 Å². The Labute approximate surface area is 179 Å². The van der Waals surface area contributed by atoms with Gasteiger partial charge >= 0.3 is 5.97 Å². The van der Waals surface area contributed by atoms with Crippen LogP contribution >= 0.6 is 0 Å². The first-order valence-electron chi connectivity index (χ1n) is 10.4. The summed E-state index contributed by atoms with van der Waals surface area (Å²) in [5.74, 6) is -0.147. The van der Waals surface area contributed by atoms with Crippen molar-refractivity contribution in [3.8, 4) is 0 Å². The van der Waals surface area contributed by atoms with Crippen LogP contribution in [0.25, 0.3) is 11.2 Å². The van der Waals surface area contributed by atoms with Crippen molar-refractivity contribution in [2.45, 2.75) is 51.3 Å². The van der Waals surface area contributed by atoms with Gasteiger partial charge in [0, 0.05) is 13.1 Å². The van der Waals surface area contributed by atoms with Crippen molar-refractivity contribution in [3.63, 3.8) is 0 Å². The lowest BCUT2D eigenvalue weighted by atomic mass is 9.84. The molecule has 2 fully saturated rings. The molecule has 2 aromatic heterocycles. The molecule has 0 amide bonds. The lowest BCUT2D eigenvalue weighted by Gasteiger charge is -2.33. The maximum atomic E-state index is 15.9. The van der Waals surface area contributed by atoms with Crippen LogP contribution in [-0.2, 0) is 19.0 Å². The minimum Gasteiger partial charge on any atom is -0.463 e. The summed E-state index contributed by atoms with van der Waals surface area (Å²) in [6.45, 7) is 8.23. The van der Waals surface area contributed by atoms with Crippen LogP contribution in [0.3, 0.4) is 0 Å². The van der Waals surface area contributed by atoms with E-state index >= 15 is 4.39 Å². The molecule has 0 bridgehead atoms. The molecule has 2 aliphatic heterocycles. The number of morpholine rings is 1. The maximum Gasteiger partial charge on any atom is 0.308 e. The van der Waals surface area contributed by atoms with E-state index < -0.39 is 29.6 Å². The topological polar surface area (TPSA) is 112 Å². The van der Waals surface area contributed by atoms with Crippen LogP contribution in [0.4, 0.5) is 10.2 Å². The van der Waals surface area contributed by atoms with Gasteiger partial charge in [-0.25, -0.2) is 19.3 Å². The van der Waals surface area contributed by atoms with E-state index in [0.29, 0.717) is 43.3 Å². The predicted molar refractivity (Wildman–Crippen MR) is 108 cm³/mol. The number of hydrogen-bond donors (Lipinski definition) is 1. The molecule has 0 aromatic carbocycles. The first-order valence-corrected chi connectivity index (χ1v) is 10.4. The third kappa shape index (κ3) is 3.64. The van der Waals surface area contributed by atoms with Gasteiger partial charge in [-0.2, -0.15) is 0 Å². The molecule has 0 aliphatic carbocycles. The Morgan fingerprint density at radius 3 is 2.71 bits per heavy atom. The van der Waals surface area contributed by atoms with Crippen molar-refractivity contribution in [1.29, 1.82) is 0 Å². The SMILES string of the molecule is CC(C)C(=O)OC[C@H]1O[C@H](n2cnc3c(N4CCOCC4)ncnc32)[C@](C)(F)[C@]1(C)O. The average Bonchev–Trinajstić information content (AvgIpc) is 3.24. The summed E-state index contributed by atoms with van der Waals surface area (Å²) >= 11 is 0. The molecule has 2 saturated heterocycles. The number of nitrogens with zero attached hydrogens (tertiary/aromatic N) is 5.